The number of carbonyl (C=O) groups excluding carboxylic acids is 1. The van der Waals surface area contributed by atoms with Crippen molar-refractivity contribution in [2.75, 3.05) is 34.0 Å². The van der Waals surface area contributed by atoms with E-state index in [9.17, 15) is 4.79 Å². The fraction of sp³-hybridized carbons (Fsp3) is 0.909. The number of hydrogen-bond acceptors (Lipinski definition) is 4. The lowest BCUT2D eigenvalue weighted by atomic mass is 9.93. The van der Waals surface area contributed by atoms with Gasteiger partial charge >= 0.3 is 0 Å². The SMILES string of the molecule is CNC(COCCCOC)(C(N)=O)C1CC1. The van der Waals surface area contributed by atoms with E-state index < -0.39 is 5.54 Å². The molecule has 0 aromatic carbocycles. The Bertz CT molecular complexity index is 231. The molecule has 1 rings (SSSR count). The maximum Gasteiger partial charge on any atom is 0.240 e. The van der Waals surface area contributed by atoms with E-state index in [1.54, 1.807) is 14.2 Å². The minimum atomic E-state index is -0.674. The Labute approximate surface area is 96.7 Å². The van der Waals surface area contributed by atoms with E-state index in [0.717, 1.165) is 19.3 Å². The molecule has 16 heavy (non-hydrogen) atoms. The lowest BCUT2D eigenvalue weighted by Gasteiger charge is -2.30. The van der Waals surface area contributed by atoms with Crippen LogP contribution in [0.1, 0.15) is 19.3 Å². The molecule has 0 radical (unpaired) electrons. The molecule has 1 unspecified atom stereocenters. The van der Waals surface area contributed by atoms with E-state index in [-0.39, 0.29) is 5.91 Å². The van der Waals surface area contributed by atoms with Crippen molar-refractivity contribution in [1.82, 2.24) is 5.32 Å². The zero-order valence-electron chi connectivity index (χ0n) is 10.1. The summed E-state index contributed by atoms with van der Waals surface area (Å²) in [6, 6.07) is 0. The average molecular weight is 230 g/mol. The number of rotatable bonds is 9. The summed E-state index contributed by atoms with van der Waals surface area (Å²) in [6.45, 7) is 1.62. The van der Waals surface area contributed by atoms with Gasteiger partial charge in [0.1, 0.15) is 5.54 Å². The number of likely N-dealkylation sites (N-methyl/N-ethyl adjacent to an activating group) is 1. The molecule has 0 heterocycles. The number of methoxy groups -OCH3 is 1. The molecule has 0 saturated heterocycles. The fourth-order valence-corrected chi connectivity index (χ4v) is 1.90. The Balaban J connectivity index is 2.35. The molecule has 0 aromatic heterocycles. The van der Waals surface area contributed by atoms with Crippen LogP contribution in [0.15, 0.2) is 0 Å². The summed E-state index contributed by atoms with van der Waals surface area (Å²) in [5.41, 5.74) is 4.78. The van der Waals surface area contributed by atoms with Crippen LogP contribution in [0.2, 0.25) is 0 Å². The average Bonchev–Trinajstić information content (AvgIpc) is 3.07. The zero-order valence-corrected chi connectivity index (χ0v) is 10.1. The summed E-state index contributed by atoms with van der Waals surface area (Å²) in [6.07, 6.45) is 2.93. The number of primary amides is 1. The van der Waals surface area contributed by atoms with E-state index in [1.807, 2.05) is 0 Å². The normalized spacial score (nSPS) is 19.4. The fourth-order valence-electron chi connectivity index (χ4n) is 1.90. The van der Waals surface area contributed by atoms with Gasteiger partial charge in [0.15, 0.2) is 0 Å². The molecule has 0 aliphatic heterocycles. The predicted molar refractivity (Wildman–Crippen MR) is 61.0 cm³/mol. The molecule has 0 aromatic rings. The molecule has 1 atom stereocenters. The van der Waals surface area contributed by atoms with Crippen LogP contribution >= 0.6 is 0 Å². The molecule has 1 saturated carbocycles. The van der Waals surface area contributed by atoms with E-state index in [0.29, 0.717) is 25.7 Å². The summed E-state index contributed by atoms with van der Waals surface area (Å²) in [5, 5.41) is 3.04. The minimum Gasteiger partial charge on any atom is -0.385 e. The van der Waals surface area contributed by atoms with Crippen LogP contribution in [0.5, 0.6) is 0 Å². The summed E-state index contributed by atoms with van der Waals surface area (Å²) < 4.78 is 10.4. The molecule has 3 N–H and O–H groups in total. The van der Waals surface area contributed by atoms with Crippen molar-refractivity contribution in [1.29, 1.82) is 0 Å². The van der Waals surface area contributed by atoms with Crippen LogP contribution in [-0.4, -0.2) is 45.4 Å². The van der Waals surface area contributed by atoms with Gasteiger partial charge in [0.2, 0.25) is 5.91 Å². The van der Waals surface area contributed by atoms with Crippen LogP contribution in [-0.2, 0) is 14.3 Å². The second kappa shape index (κ2) is 6.18. The van der Waals surface area contributed by atoms with Gasteiger partial charge in [0.05, 0.1) is 6.61 Å². The first-order chi connectivity index (χ1) is 7.67. The molecule has 0 bridgehead atoms. The summed E-state index contributed by atoms with van der Waals surface area (Å²) in [7, 11) is 3.42. The number of nitrogens with one attached hydrogen (secondary N) is 1. The Morgan fingerprint density at radius 3 is 2.62 bits per heavy atom. The van der Waals surface area contributed by atoms with Crippen molar-refractivity contribution >= 4 is 5.91 Å². The third-order valence-corrected chi connectivity index (χ3v) is 3.13. The van der Waals surface area contributed by atoms with E-state index in [4.69, 9.17) is 15.2 Å². The molecule has 1 aliphatic rings. The Hall–Kier alpha value is -0.650. The first-order valence-electron chi connectivity index (χ1n) is 5.73. The van der Waals surface area contributed by atoms with Crippen LogP contribution in [0.3, 0.4) is 0 Å². The maximum atomic E-state index is 11.5. The van der Waals surface area contributed by atoms with E-state index in [2.05, 4.69) is 5.32 Å². The van der Waals surface area contributed by atoms with Gasteiger partial charge in [-0.05, 0) is 32.2 Å². The first kappa shape index (κ1) is 13.4. The topological polar surface area (TPSA) is 73.6 Å². The molecule has 5 heteroatoms. The van der Waals surface area contributed by atoms with Gasteiger partial charge in [-0.2, -0.15) is 0 Å². The summed E-state index contributed by atoms with van der Waals surface area (Å²) in [4.78, 5) is 11.5. The molecular formula is C11H22N2O3. The van der Waals surface area contributed by atoms with Crippen LogP contribution in [0, 0.1) is 5.92 Å². The summed E-state index contributed by atoms with van der Waals surface area (Å²) >= 11 is 0. The molecule has 5 nitrogen and oxygen atoms in total. The number of hydrogen-bond donors (Lipinski definition) is 2. The second-order valence-corrected chi connectivity index (χ2v) is 4.26. The highest BCUT2D eigenvalue weighted by atomic mass is 16.5. The number of nitrogens with two attached hydrogens (primary N) is 1. The first-order valence-corrected chi connectivity index (χ1v) is 5.73. The van der Waals surface area contributed by atoms with Crippen LogP contribution < -0.4 is 11.1 Å². The molecule has 1 amide bonds. The highest BCUT2D eigenvalue weighted by molar-refractivity contribution is 5.85. The quantitative estimate of drug-likeness (QED) is 0.542. The Kier molecular flexibility index (Phi) is 5.18. The van der Waals surface area contributed by atoms with Crippen molar-refractivity contribution in [3.8, 4) is 0 Å². The predicted octanol–water partition coefficient (Wildman–Crippen LogP) is -0.107. The lowest BCUT2D eigenvalue weighted by Crippen LogP contribution is -2.59. The Morgan fingerprint density at radius 1 is 1.50 bits per heavy atom. The van der Waals surface area contributed by atoms with Crippen molar-refractivity contribution in [2.45, 2.75) is 24.8 Å². The largest absolute Gasteiger partial charge is 0.385 e. The van der Waals surface area contributed by atoms with Crippen molar-refractivity contribution in [3.63, 3.8) is 0 Å². The number of ether oxygens (including phenoxy) is 2. The van der Waals surface area contributed by atoms with Gasteiger partial charge < -0.3 is 20.5 Å². The van der Waals surface area contributed by atoms with Gasteiger partial charge in [0.25, 0.3) is 0 Å². The van der Waals surface area contributed by atoms with Crippen molar-refractivity contribution < 1.29 is 14.3 Å². The Morgan fingerprint density at radius 2 is 2.19 bits per heavy atom. The van der Waals surface area contributed by atoms with Gasteiger partial charge in [-0.3, -0.25) is 4.79 Å². The molecule has 1 fully saturated rings. The number of carbonyl (C=O) groups is 1. The van der Waals surface area contributed by atoms with Gasteiger partial charge in [-0.25, -0.2) is 0 Å². The van der Waals surface area contributed by atoms with E-state index >= 15 is 0 Å². The van der Waals surface area contributed by atoms with Crippen molar-refractivity contribution in [3.05, 3.63) is 0 Å². The summed E-state index contributed by atoms with van der Waals surface area (Å²) in [5.74, 6) is 0.0154. The second-order valence-electron chi connectivity index (χ2n) is 4.26. The van der Waals surface area contributed by atoms with Crippen LogP contribution in [0.4, 0.5) is 0 Å². The standard InChI is InChI=1S/C11H22N2O3/c1-13-11(10(12)14,9-4-5-9)8-16-7-3-6-15-2/h9,13H,3-8H2,1-2H3,(H2,12,14). The minimum absolute atomic E-state index is 0.316. The highest BCUT2D eigenvalue weighted by Gasteiger charge is 2.49. The highest BCUT2D eigenvalue weighted by Crippen LogP contribution is 2.39. The molecule has 1 aliphatic carbocycles. The van der Waals surface area contributed by atoms with Gasteiger partial charge in [-0.15, -0.1) is 0 Å². The number of amides is 1. The zero-order chi connectivity index (χ0) is 12.0. The maximum absolute atomic E-state index is 11.5. The third-order valence-electron chi connectivity index (χ3n) is 3.13. The molecule has 0 spiro atoms. The van der Waals surface area contributed by atoms with Gasteiger partial charge in [-0.1, -0.05) is 0 Å². The molecular weight excluding hydrogens is 208 g/mol. The van der Waals surface area contributed by atoms with Crippen LogP contribution in [0.25, 0.3) is 0 Å². The smallest absolute Gasteiger partial charge is 0.240 e. The lowest BCUT2D eigenvalue weighted by molar-refractivity contribution is -0.128. The van der Waals surface area contributed by atoms with Crippen molar-refractivity contribution in [2.24, 2.45) is 11.7 Å². The van der Waals surface area contributed by atoms with Gasteiger partial charge in [0, 0.05) is 20.3 Å². The van der Waals surface area contributed by atoms with E-state index in [1.165, 1.54) is 0 Å². The third kappa shape index (κ3) is 3.17. The molecule has 94 valence electrons. The monoisotopic (exact) mass is 230 g/mol.